The summed E-state index contributed by atoms with van der Waals surface area (Å²) in [6.45, 7) is 0. The third kappa shape index (κ3) is 4.08. The Labute approximate surface area is 207 Å². The topological polar surface area (TPSA) is 6.48 Å². The van der Waals surface area contributed by atoms with E-state index in [1.807, 2.05) is 0 Å². The minimum Gasteiger partial charge on any atom is -0.345 e. The van der Waals surface area contributed by atoms with Crippen LogP contribution < -0.4 is 9.80 Å². The molecule has 0 N–H and O–H groups in total. The maximum absolute atomic E-state index is 2.37. The van der Waals surface area contributed by atoms with Crippen LogP contribution in [0.15, 0.2) is 121 Å². The van der Waals surface area contributed by atoms with Gasteiger partial charge in [0.05, 0.1) is 5.69 Å². The average molecular weight is 453 g/mol. The summed E-state index contributed by atoms with van der Waals surface area (Å²) < 4.78 is 0. The van der Waals surface area contributed by atoms with E-state index in [1.165, 1.54) is 33.3 Å². The van der Waals surface area contributed by atoms with Crippen LogP contribution >= 0.6 is 0 Å². The van der Waals surface area contributed by atoms with Crippen molar-refractivity contribution in [3.8, 4) is 0 Å². The minimum absolute atomic E-state index is 1.10. The van der Waals surface area contributed by atoms with Crippen LogP contribution in [0.5, 0.6) is 0 Å². The summed E-state index contributed by atoms with van der Waals surface area (Å²) in [6.07, 6.45) is 6.78. The van der Waals surface area contributed by atoms with Crippen LogP contribution in [-0.2, 0) is 6.42 Å². The molecule has 0 saturated heterocycles. The highest BCUT2D eigenvalue weighted by Crippen LogP contribution is 2.40. The molecule has 35 heavy (non-hydrogen) atoms. The van der Waals surface area contributed by atoms with Crippen LogP contribution in [0.1, 0.15) is 17.5 Å². The number of fused-ring (bicyclic) bond motifs is 2. The fraction of sp³-hybridized carbons (Fsp3) is 0.0909. The van der Waals surface area contributed by atoms with E-state index in [9.17, 15) is 0 Å². The monoisotopic (exact) mass is 452 g/mol. The van der Waals surface area contributed by atoms with Gasteiger partial charge < -0.3 is 9.80 Å². The van der Waals surface area contributed by atoms with Crippen molar-refractivity contribution < 1.29 is 0 Å². The van der Waals surface area contributed by atoms with Gasteiger partial charge in [-0.25, -0.2) is 0 Å². The quantitative estimate of drug-likeness (QED) is 0.262. The standard InChI is InChI=1S/C33H28N2/c1-34(31-19-18-25-10-5-6-12-27(25)24-31)28-20-22-30(23-21-28)35(29-14-3-2-4-15-29)33-17-9-13-26-11-7-8-16-32(26)33/h2-6,8-10,12-24H,7,11H2,1H3. The molecule has 5 aromatic carbocycles. The van der Waals surface area contributed by atoms with E-state index in [1.54, 1.807) is 0 Å². The van der Waals surface area contributed by atoms with Crippen LogP contribution in [0, 0.1) is 0 Å². The third-order valence-electron chi connectivity index (χ3n) is 6.91. The molecule has 6 rings (SSSR count). The van der Waals surface area contributed by atoms with Gasteiger partial charge in [0.25, 0.3) is 0 Å². The molecule has 0 aromatic heterocycles. The number of hydrogen-bond acceptors (Lipinski definition) is 2. The molecule has 0 heterocycles. The number of para-hydroxylation sites is 1. The van der Waals surface area contributed by atoms with Gasteiger partial charge in [-0.3, -0.25) is 0 Å². The zero-order valence-electron chi connectivity index (χ0n) is 19.9. The van der Waals surface area contributed by atoms with Crippen molar-refractivity contribution in [3.05, 3.63) is 132 Å². The molecule has 0 bridgehead atoms. The van der Waals surface area contributed by atoms with Crippen LogP contribution in [0.3, 0.4) is 0 Å². The molecule has 0 atom stereocenters. The van der Waals surface area contributed by atoms with E-state index < -0.39 is 0 Å². The Hall–Kier alpha value is -4.30. The lowest BCUT2D eigenvalue weighted by Gasteiger charge is -2.29. The summed E-state index contributed by atoms with van der Waals surface area (Å²) in [5, 5.41) is 2.52. The first-order valence-electron chi connectivity index (χ1n) is 12.2. The molecule has 2 nitrogen and oxygen atoms in total. The molecular weight excluding hydrogens is 424 g/mol. The minimum atomic E-state index is 1.10. The number of benzene rings is 5. The predicted molar refractivity (Wildman–Crippen MR) is 150 cm³/mol. The van der Waals surface area contributed by atoms with Gasteiger partial charge in [-0.1, -0.05) is 72.8 Å². The smallest absolute Gasteiger partial charge is 0.0536 e. The fourth-order valence-electron chi connectivity index (χ4n) is 5.01. The number of nitrogens with zero attached hydrogens (tertiary/aromatic N) is 2. The van der Waals surface area contributed by atoms with Crippen molar-refractivity contribution >= 4 is 45.3 Å². The number of aryl methyl sites for hydroxylation is 1. The van der Waals surface area contributed by atoms with Gasteiger partial charge in [0.1, 0.15) is 0 Å². The van der Waals surface area contributed by atoms with E-state index in [0.29, 0.717) is 0 Å². The molecule has 0 unspecified atom stereocenters. The Morgan fingerprint density at radius 1 is 0.571 bits per heavy atom. The van der Waals surface area contributed by atoms with Crippen molar-refractivity contribution in [2.75, 3.05) is 16.8 Å². The lowest BCUT2D eigenvalue weighted by atomic mass is 9.95. The zero-order chi connectivity index (χ0) is 23.6. The second-order valence-electron chi connectivity index (χ2n) is 9.07. The average Bonchev–Trinajstić information content (AvgIpc) is 2.94. The molecule has 5 aromatic rings. The van der Waals surface area contributed by atoms with Crippen molar-refractivity contribution in [2.24, 2.45) is 0 Å². The van der Waals surface area contributed by atoms with Gasteiger partial charge >= 0.3 is 0 Å². The highest BCUT2D eigenvalue weighted by Gasteiger charge is 2.18. The van der Waals surface area contributed by atoms with E-state index in [4.69, 9.17) is 0 Å². The van der Waals surface area contributed by atoms with Gasteiger partial charge in [-0.15, -0.1) is 0 Å². The number of anilines is 5. The molecule has 0 amide bonds. The second-order valence-corrected chi connectivity index (χ2v) is 9.07. The summed E-state index contributed by atoms with van der Waals surface area (Å²) in [7, 11) is 2.13. The lowest BCUT2D eigenvalue weighted by molar-refractivity contribution is 0.984. The highest BCUT2D eigenvalue weighted by atomic mass is 15.1. The molecule has 170 valence electrons. The first kappa shape index (κ1) is 21.2. The van der Waals surface area contributed by atoms with E-state index in [2.05, 4.69) is 144 Å². The van der Waals surface area contributed by atoms with Crippen molar-refractivity contribution in [1.82, 2.24) is 0 Å². The molecule has 1 aliphatic rings. The van der Waals surface area contributed by atoms with Crippen molar-refractivity contribution in [1.29, 1.82) is 0 Å². The summed E-state index contributed by atoms with van der Waals surface area (Å²) in [6, 6.07) is 41.3. The Morgan fingerprint density at radius 3 is 2.09 bits per heavy atom. The Balaban J connectivity index is 1.38. The molecule has 2 heteroatoms. The zero-order valence-corrected chi connectivity index (χ0v) is 19.9. The maximum Gasteiger partial charge on any atom is 0.0536 e. The summed E-state index contributed by atoms with van der Waals surface area (Å²) >= 11 is 0. The van der Waals surface area contributed by atoms with Crippen molar-refractivity contribution in [3.63, 3.8) is 0 Å². The van der Waals surface area contributed by atoms with Crippen LogP contribution in [0.2, 0.25) is 0 Å². The van der Waals surface area contributed by atoms with Gasteiger partial charge in [0.2, 0.25) is 0 Å². The third-order valence-corrected chi connectivity index (χ3v) is 6.91. The molecule has 0 fully saturated rings. The largest absolute Gasteiger partial charge is 0.345 e. The number of hydrogen-bond donors (Lipinski definition) is 0. The second kappa shape index (κ2) is 9.15. The first-order valence-corrected chi connectivity index (χ1v) is 12.2. The van der Waals surface area contributed by atoms with Gasteiger partial charge in [-0.05, 0) is 83.8 Å². The van der Waals surface area contributed by atoms with Gasteiger partial charge in [0.15, 0.2) is 0 Å². The van der Waals surface area contributed by atoms with E-state index in [0.717, 1.165) is 29.9 Å². The SMILES string of the molecule is CN(c1ccc(N(c2ccccc2)c2cccc3c2C=CCC3)cc1)c1ccc2ccccc2c1. The van der Waals surface area contributed by atoms with E-state index in [-0.39, 0.29) is 0 Å². The lowest BCUT2D eigenvalue weighted by Crippen LogP contribution is -2.13. The van der Waals surface area contributed by atoms with Crippen LogP contribution in [-0.4, -0.2) is 7.05 Å². The normalized spacial score (nSPS) is 12.4. The molecule has 0 radical (unpaired) electrons. The fourth-order valence-corrected chi connectivity index (χ4v) is 5.01. The van der Waals surface area contributed by atoms with Crippen LogP contribution in [0.4, 0.5) is 28.4 Å². The Bertz CT molecular complexity index is 1500. The van der Waals surface area contributed by atoms with Crippen molar-refractivity contribution in [2.45, 2.75) is 12.8 Å². The maximum atomic E-state index is 2.37. The predicted octanol–water partition coefficient (Wildman–Crippen LogP) is 9.04. The Kier molecular flexibility index (Phi) is 5.56. The number of allylic oxidation sites excluding steroid dienone is 1. The van der Waals surface area contributed by atoms with E-state index >= 15 is 0 Å². The van der Waals surface area contributed by atoms with Gasteiger partial charge in [0, 0.05) is 35.4 Å². The highest BCUT2D eigenvalue weighted by molar-refractivity contribution is 5.87. The first-order chi connectivity index (χ1) is 17.3. The van der Waals surface area contributed by atoms with Gasteiger partial charge in [-0.2, -0.15) is 0 Å². The molecule has 1 aliphatic carbocycles. The molecule has 0 spiro atoms. The number of rotatable bonds is 5. The summed E-state index contributed by atoms with van der Waals surface area (Å²) in [4.78, 5) is 4.62. The molecule has 0 saturated carbocycles. The summed E-state index contributed by atoms with van der Waals surface area (Å²) in [5.74, 6) is 0. The van der Waals surface area contributed by atoms with Crippen LogP contribution in [0.25, 0.3) is 16.8 Å². The molecular formula is C33H28N2. The molecule has 0 aliphatic heterocycles. The Morgan fingerprint density at radius 2 is 1.26 bits per heavy atom. The summed E-state index contributed by atoms with van der Waals surface area (Å²) in [5.41, 5.74) is 8.61.